The van der Waals surface area contributed by atoms with Crippen LogP contribution in [0, 0.1) is 0 Å². The van der Waals surface area contributed by atoms with Crippen LogP contribution in [-0.2, 0) is 6.54 Å². The number of rotatable bonds is 5. The first-order valence-electron chi connectivity index (χ1n) is 5.17. The minimum Gasteiger partial charge on any atom is -0.326 e. The van der Waals surface area contributed by atoms with E-state index in [0.29, 0.717) is 0 Å². The van der Waals surface area contributed by atoms with Gasteiger partial charge in [0.1, 0.15) is 5.82 Å². The van der Waals surface area contributed by atoms with E-state index in [1.807, 2.05) is 25.5 Å². The lowest BCUT2D eigenvalue weighted by molar-refractivity contribution is 0.742. The molecular weight excluding hydrogens is 218 g/mol. The van der Waals surface area contributed by atoms with Crippen molar-refractivity contribution in [2.24, 2.45) is 0 Å². The van der Waals surface area contributed by atoms with Crippen molar-refractivity contribution in [2.75, 3.05) is 13.6 Å². The number of hydrogen-bond donors (Lipinski definition) is 1. The predicted octanol–water partition coefficient (Wildman–Crippen LogP) is 2.39. The van der Waals surface area contributed by atoms with Gasteiger partial charge in [-0.3, -0.25) is 0 Å². The molecular formula is C12H15N3S. The van der Waals surface area contributed by atoms with E-state index in [9.17, 15) is 0 Å². The molecule has 0 radical (unpaired) electrons. The number of imidazole rings is 1. The average molecular weight is 233 g/mol. The van der Waals surface area contributed by atoms with Gasteiger partial charge in [-0.2, -0.15) is 0 Å². The normalized spacial score (nSPS) is 10.6. The highest BCUT2D eigenvalue weighted by Crippen LogP contribution is 2.23. The Hall–Kier alpha value is -1.39. The SMILES string of the molecule is C=C(CNC)Cn1ccnc1-c1cccs1. The van der Waals surface area contributed by atoms with Crippen molar-refractivity contribution in [3.05, 3.63) is 42.1 Å². The van der Waals surface area contributed by atoms with Crippen molar-refractivity contribution in [1.29, 1.82) is 0 Å². The maximum atomic E-state index is 4.38. The molecule has 3 nitrogen and oxygen atoms in total. The second kappa shape index (κ2) is 5.09. The van der Waals surface area contributed by atoms with Crippen LogP contribution < -0.4 is 5.32 Å². The third-order valence-corrected chi connectivity index (χ3v) is 3.14. The fourth-order valence-corrected chi connectivity index (χ4v) is 2.35. The molecule has 0 amide bonds. The van der Waals surface area contributed by atoms with E-state index in [1.165, 1.54) is 4.88 Å². The van der Waals surface area contributed by atoms with Crippen molar-refractivity contribution in [3.8, 4) is 10.7 Å². The molecule has 2 rings (SSSR count). The van der Waals surface area contributed by atoms with Gasteiger partial charge < -0.3 is 9.88 Å². The molecule has 0 saturated carbocycles. The number of nitrogens with zero attached hydrogens (tertiary/aromatic N) is 2. The number of nitrogens with one attached hydrogen (secondary N) is 1. The molecule has 0 bridgehead atoms. The van der Waals surface area contributed by atoms with Crippen LogP contribution in [0.5, 0.6) is 0 Å². The summed E-state index contributed by atoms with van der Waals surface area (Å²) in [5, 5.41) is 5.17. The van der Waals surface area contributed by atoms with Gasteiger partial charge in [-0.25, -0.2) is 4.98 Å². The van der Waals surface area contributed by atoms with Gasteiger partial charge in [0.25, 0.3) is 0 Å². The van der Waals surface area contributed by atoms with Crippen LogP contribution in [-0.4, -0.2) is 23.1 Å². The molecule has 84 valence electrons. The second-order valence-electron chi connectivity index (χ2n) is 3.64. The minimum atomic E-state index is 0.814. The second-order valence-corrected chi connectivity index (χ2v) is 4.58. The molecule has 1 N–H and O–H groups in total. The van der Waals surface area contributed by atoms with Gasteiger partial charge in [0, 0.05) is 25.5 Å². The van der Waals surface area contributed by atoms with Gasteiger partial charge in [-0.15, -0.1) is 11.3 Å². The third kappa shape index (κ3) is 2.40. The van der Waals surface area contributed by atoms with Gasteiger partial charge in [0.15, 0.2) is 0 Å². The minimum absolute atomic E-state index is 0.814. The van der Waals surface area contributed by atoms with E-state index >= 15 is 0 Å². The molecule has 0 spiro atoms. The number of hydrogen-bond acceptors (Lipinski definition) is 3. The Morgan fingerprint density at radius 3 is 3.19 bits per heavy atom. The van der Waals surface area contributed by atoms with Crippen LogP contribution >= 0.6 is 11.3 Å². The molecule has 0 unspecified atom stereocenters. The molecule has 0 aliphatic heterocycles. The lowest BCUT2D eigenvalue weighted by Crippen LogP contribution is -2.13. The maximum Gasteiger partial charge on any atom is 0.150 e. The highest BCUT2D eigenvalue weighted by Gasteiger charge is 2.07. The van der Waals surface area contributed by atoms with Crippen LogP contribution in [0.4, 0.5) is 0 Å². The van der Waals surface area contributed by atoms with Gasteiger partial charge >= 0.3 is 0 Å². The van der Waals surface area contributed by atoms with Crippen molar-refractivity contribution in [2.45, 2.75) is 6.54 Å². The summed E-state index contributed by atoms with van der Waals surface area (Å²) >= 11 is 1.71. The first-order chi connectivity index (χ1) is 7.81. The van der Waals surface area contributed by atoms with E-state index in [1.54, 1.807) is 11.3 Å². The van der Waals surface area contributed by atoms with Crippen molar-refractivity contribution < 1.29 is 0 Å². The highest BCUT2D eigenvalue weighted by atomic mass is 32.1. The Morgan fingerprint density at radius 2 is 2.50 bits per heavy atom. The summed E-state index contributed by atoms with van der Waals surface area (Å²) in [6.07, 6.45) is 3.83. The van der Waals surface area contributed by atoms with E-state index in [2.05, 4.69) is 32.9 Å². The summed E-state index contributed by atoms with van der Waals surface area (Å²) < 4.78 is 2.13. The quantitative estimate of drug-likeness (QED) is 0.804. The predicted molar refractivity (Wildman–Crippen MR) is 68.6 cm³/mol. The molecule has 0 aromatic carbocycles. The molecule has 0 aliphatic rings. The molecule has 0 saturated heterocycles. The molecule has 2 aromatic rings. The number of likely N-dealkylation sites (N-methyl/N-ethyl adjacent to an activating group) is 1. The zero-order valence-corrected chi connectivity index (χ0v) is 10.1. The van der Waals surface area contributed by atoms with Gasteiger partial charge in [0.2, 0.25) is 0 Å². The smallest absolute Gasteiger partial charge is 0.150 e. The molecule has 2 heterocycles. The maximum absolute atomic E-state index is 4.38. The third-order valence-electron chi connectivity index (χ3n) is 2.28. The van der Waals surface area contributed by atoms with Crippen LogP contribution in [0.25, 0.3) is 10.7 Å². The van der Waals surface area contributed by atoms with Crippen LogP contribution in [0.15, 0.2) is 42.1 Å². The number of thiophene rings is 1. The highest BCUT2D eigenvalue weighted by molar-refractivity contribution is 7.13. The van der Waals surface area contributed by atoms with Gasteiger partial charge in [-0.05, 0) is 24.1 Å². The van der Waals surface area contributed by atoms with Crippen molar-refractivity contribution in [3.63, 3.8) is 0 Å². The summed E-state index contributed by atoms with van der Waals surface area (Å²) in [5.41, 5.74) is 1.15. The molecule has 0 aliphatic carbocycles. The summed E-state index contributed by atoms with van der Waals surface area (Å²) in [7, 11) is 1.93. The zero-order valence-electron chi connectivity index (χ0n) is 9.31. The topological polar surface area (TPSA) is 29.9 Å². The molecule has 2 aromatic heterocycles. The Balaban J connectivity index is 2.17. The average Bonchev–Trinajstić information content (AvgIpc) is 2.86. The number of aromatic nitrogens is 2. The Labute approximate surface area is 99.5 Å². The van der Waals surface area contributed by atoms with E-state index in [-0.39, 0.29) is 0 Å². The standard InChI is InChI=1S/C12H15N3S/c1-10(8-13-2)9-15-6-5-14-12(15)11-4-3-7-16-11/h3-7,13H,1,8-9H2,2H3. The molecule has 0 atom stereocenters. The van der Waals surface area contributed by atoms with Crippen molar-refractivity contribution in [1.82, 2.24) is 14.9 Å². The van der Waals surface area contributed by atoms with E-state index < -0.39 is 0 Å². The summed E-state index contributed by atoms with van der Waals surface area (Å²) in [6, 6.07) is 4.13. The van der Waals surface area contributed by atoms with Gasteiger partial charge in [0.05, 0.1) is 4.88 Å². The van der Waals surface area contributed by atoms with Crippen LogP contribution in [0.3, 0.4) is 0 Å². The Bertz CT molecular complexity index is 456. The fraction of sp³-hybridized carbons (Fsp3) is 0.250. The van der Waals surface area contributed by atoms with Crippen molar-refractivity contribution >= 4 is 11.3 Å². The van der Waals surface area contributed by atoms with E-state index in [0.717, 1.165) is 24.5 Å². The molecule has 16 heavy (non-hydrogen) atoms. The van der Waals surface area contributed by atoms with Crippen LogP contribution in [0.2, 0.25) is 0 Å². The summed E-state index contributed by atoms with van der Waals surface area (Å²) in [5.74, 6) is 1.02. The Morgan fingerprint density at radius 1 is 1.62 bits per heavy atom. The first kappa shape index (κ1) is 11.1. The lowest BCUT2D eigenvalue weighted by Gasteiger charge is -2.08. The fourth-order valence-electron chi connectivity index (χ4n) is 1.61. The first-order valence-corrected chi connectivity index (χ1v) is 6.05. The monoisotopic (exact) mass is 233 g/mol. The summed E-state index contributed by atoms with van der Waals surface area (Å²) in [6.45, 7) is 5.68. The van der Waals surface area contributed by atoms with E-state index in [4.69, 9.17) is 0 Å². The van der Waals surface area contributed by atoms with Crippen LogP contribution in [0.1, 0.15) is 0 Å². The molecule has 4 heteroatoms. The molecule has 0 fully saturated rings. The van der Waals surface area contributed by atoms with Gasteiger partial charge in [-0.1, -0.05) is 12.6 Å². The zero-order chi connectivity index (χ0) is 11.4. The Kier molecular flexibility index (Phi) is 3.54. The lowest BCUT2D eigenvalue weighted by atomic mass is 10.3. The summed E-state index contributed by atoms with van der Waals surface area (Å²) in [4.78, 5) is 5.58. The largest absolute Gasteiger partial charge is 0.326 e.